The van der Waals surface area contributed by atoms with Crippen LogP contribution in [0.15, 0.2) is 60.7 Å². The third-order valence-electron chi connectivity index (χ3n) is 18.9. The van der Waals surface area contributed by atoms with Gasteiger partial charge < -0.3 is 61.3 Å². The SMILES string of the molecule is CC(C)[C@@H](C(=O)NC(CC(=O)O)C(=O)CF)C1CCCN(C)C1=O.CC(C)[C@@H](C(=O)NC(CC(=O)O)C(=O)CF)C1CCN(C)C1=O.CC(C)[C@@H](C(=O)NC(CC(=O)O)C(=O)CF)C1CCN(Cc2ccccc2)C1=O.CCC(=O)C(CC(=O)O)NC(=O)[C@H](C(C)C)C1CCN(c2ccccc2)C1=O. The number of amides is 8. The molecule has 12 atom stereocenters. The Morgan fingerprint density at radius 2 is 0.721 bits per heavy atom. The van der Waals surface area contributed by atoms with Crippen molar-refractivity contribution in [2.75, 3.05) is 65.2 Å². The first-order valence-corrected chi connectivity index (χ1v) is 34.9. The van der Waals surface area contributed by atoms with Crippen LogP contribution < -0.4 is 26.2 Å². The fraction of sp³-hybridized carbons (Fsp3) is 0.616. The lowest BCUT2D eigenvalue weighted by Gasteiger charge is -2.35. The number of nitrogens with one attached hydrogen (secondary N) is 4. The number of rotatable bonds is 35. The maximum atomic E-state index is 13.0. The first kappa shape index (κ1) is 88.8. The number of alkyl halides is 3. The second kappa shape index (κ2) is 43.0. The fourth-order valence-electron chi connectivity index (χ4n) is 13.6. The molecule has 8 unspecified atom stereocenters. The Labute approximate surface area is 603 Å². The summed E-state index contributed by atoms with van der Waals surface area (Å²) < 4.78 is 37.9. The summed E-state index contributed by atoms with van der Waals surface area (Å²) in [7, 11) is 3.32. The maximum absolute atomic E-state index is 13.0. The van der Waals surface area contributed by atoms with Crippen LogP contribution in [0.3, 0.4) is 0 Å². The lowest BCUT2D eigenvalue weighted by Crippen LogP contribution is -2.51. The molecule has 2 aromatic carbocycles. The van der Waals surface area contributed by atoms with E-state index < -0.39 is 182 Å². The van der Waals surface area contributed by atoms with Crippen LogP contribution in [-0.2, 0) is 83.3 Å². The predicted octanol–water partition coefficient (Wildman–Crippen LogP) is 4.92. The molecule has 104 heavy (non-hydrogen) atoms. The number of carboxylic acid groups (broad SMARTS) is 4. The van der Waals surface area contributed by atoms with Crippen LogP contribution in [-0.4, -0.2) is 214 Å². The molecule has 4 aliphatic heterocycles. The van der Waals surface area contributed by atoms with Gasteiger partial charge in [-0.05, 0) is 73.5 Å². The molecule has 0 bridgehead atoms. The summed E-state index contributed by atoms with van der Waals surface area (Å²) in [6.45, 7) is 14.6. The summed E-state index contributed by atoms with van der Waals surface area (Å²) in [5, 5.41) is 45.2. The zero-order valence-electron chi connectivity index (χ0n) is 61.0. The molecule has 576 valence electrons. The summed E-state index contributed by atoms with van der Waals surface area (Å²) in [6.07, 6.45) is 0.482. The van der Waals surface area contributed by atoms with Gasteiger partial charge in [0.05, 0.1) is 79.1 Å². The van der Waals surface area contributed by atoms with Gasteiger partial charge in [0.1, 0.15) is 38.1 Å². The van der Waals surface area contributed by atoms with Crippen molar-refractivity contribution in [3.63, 3.8) is 0 Å². The van der Waals surface area contributed by atoms with Crippen LogP contribution in [0, 0.1) is 71.0 Å². The molecule has 8 amide bonds. The van der Waals surface area contributed by atoms with Gasteiger partial charge in [0.25, 0.3) is 0 Å². The molecule has 4 fully saturated rings. The Balaban J connectivity index is 0.000000362. The molecule has 0 radical (unpaired) electrons. The van der Waals surface area contributed by atoms with E-state index in [9.17, 15) is 89.9 Å². The Morgan fingerprint density at radius 1 is 0.413 bits per heavy atom. The number of hydrogen-bond acceptors (Lipinski definition) is 16. The topological polar surface area (TPSA) is 415 Å². The molecule has 28 nitrogen and oxygen atoms in total. The maximum Gasteiger partial charge on any atom is 0.305 e. The molecule has 0 aromatic heterocycles. The minimum Gasteiger partial charge on any atom is -0.481 e. The molecule has 0 aliphatic carbocycles. The first-order chi connectivity index (χ1) is 48.9. The summed E-state index contributed by atoms with van der Waals surface area (Å²) in [5.41, 5.74) is 1.78. The van der Waals surface area contributed by atoms with Gasteiger partial charge in [0.15, 0.2) is 23.1 Å². The number of aliphatic carboxylic acids is 4. The largest absolute Gasteiger partial charge is 0.481 e. The fourth-order valence-corrected chi connectivity index (χ4v) is 13.6. The smallest absolute Gasteiger partial charge is 0.305 e. The summed E-state index contributed by atoms with van der Waals surface area (Å²) in [5.74, 6) is -16.6. The number of nitrogens with zero attached hydrogens (tertiary/aromatic N) is 4. The van der Waals surface area contributed by atoms with E-state index in [2.05, 4.69) is 21.3 Å². The van der Waals surface area contributed by atoms with E-state index in [1.165, 1.54) is 4.90 Å². The molecule has 2 aromatic rings. The van der Waals surface area contributed by atoms with Crippen molar-refractivity contribution in [2.45, 2.75) is 157 Å². The Kier molecular flexibility index (Phi) is 36.7. The molecular formula is C73H103F3N8O20. The molecule has 4 heterocycles. The zero-order chi connectivity index (χ0) is 78.6. The average molecular weight is 1470 g/mol. The molecule has 31 heteroatoms. The van der Waals surface area contributed by atoms with Crippen molar-refractivity contribution in [3.8, 4) is 0 Å². The Hall–Kier alpha value is -9.45. The minimum atomic E-state index is -1.44. The van der Waals surface area contributed by atoms with Gasteiger partial charge in [-0.15, -0.1) is 0 Å². The first-order valence-electron chi connectivity index (χ1n) is 34.9. The van der Waals surface area contributed by atoms with Gasteiger partial charge in [0, 0.05) is 58.9 Å². The van der Waals surface area contributed by atoms with Crippen molar-refractivity contribution < 1.29 is 110 Å². The summed E-state index contributed by atoms with van der Waals surface area (Å²) >= 11 is 0. The molecular weight excluding hydrogens is 1370 g/mol. The van der Waals surface area contributed by atoms with E-state index >= 15 is 0 Å². The average Bonchev–Trinajstić information content (AvgIpc) is 1.55. The number of ketones is 4. The number of carbonyl (C=O) groups is 16. The highest BCUT2D eigenvalue weighted by Crippen LogP contribution is 2.36. The number of carbonyl (C=O) groups excluding carboxylic acids is 12. The second-order valence-corrected chi connectivity index (χ2v) is 27.9. The quantitative estimate of drug-likeness (QED) is 0.0454. The predicted molar refractivity (Wildman–Crippen MR) is 371 cm³/mol. The standard InChI is InChI=1S/C21H27FN2O5.C21H28N2O5.C16H25FN2O5.C15H23FN2O5/c1-13(2)19(20(28)23-16(10-18(26)27)17(25)11-22)15-8-9-24(21(15)29)12-14-6-4-3-5-7-14;1-4-17(24)16(12-18(25)26)22-20(27)19(13(2)3)15-10-11-23(21(15)28)14-8-6-5-7-9-14;1-9(2)14(10-5-4-6-19(3)16(10)24)15(23)18-11(7-13(21)22)12(20)8-17;1-8(2)13(9-4-5-18(3)15(9)23)14(22)17-10(6-12(20)21)11(19)7-16/h3-7,13,15-16,19H,8-12H2,1-2H3,(H,23,28)(H,26,27);5-9,13,15-16,19H,4,10-12H2,1-3H3,(H,22,27)(H,25,26);9-11,14H,4-8H2,1-3H3,(H,18,23)(H,21,22);8-10,13H,4-7H2,1-3H3,(H,17,22)(H,20,21)/t2*15?,16?,19-;10?,11?,14-;9?,10?,13-/m1111/s1. The van der Waals surface area contributed by atoms with Gasteiger partial charge in [-0.2, -0.15) is 0 Å². The van der Waals surface area contributed by atoms with Gasteiger partial charge in [0.2, 0.25) is 47.3 Å². The van der Waals surface area contributed by atoms with Crippen molar-refractivity contribution in [2.24, 2.45) is 71.0 Å². The number of piperidine rings is 1. The summed E-state index contributed by atoms with van der Waals surface area (Å²) in [6, 6.07) is 13.5. The molecule has 0 spiro atoms. The number of hydrogen-bond donors (Lipinski definition) is 8. The van der Waals surface area contributed by atoms with Gasteiger partial charge in [-0.1, -0.05) is 111 Å². The van der Waals surface area contributed by atoms with Crippen LogP contribution >= 0.6 is 0 Å². The normalized spacial score (nSPS) is 19.5. The number of Topliss-reactive ketones (excluding diaryl/α,β-unsaturated/α-hetero) is 4. The highest BCUT2D eigenvalue weighted by molar-refractivity contribution is 6.02. The highest BCUT2D eigenvalue weighted by Gasteiger charge is 2.47. The van der Waals surface area contributed by atoms with Crippen LogP contribution in [0.2, 0.25) is 0 Å². The Bertz CT molecular complexity index is 3340. The van der Waals surface area contributed by atoms with E-state index in [4.69, 9.17) is 20.4 Å². The zero-order valence-corrected chi connectivity index (χ0v) is 61.0. The van der Waals surface area contributed by atoms with E-state index in [1.54, 1.807) is 77.3 Å². The lowest BCUT2D eigenvalue weighted by atomic mass is 9.77. The molecule has 8 N–H and O–H groups in total. The summed E-state index contributed by atoms with van der Waals surface area (Å²) in [4.78, 5) is 198. The van der Waals surface area contributed by atoms with Gasteiger partial charge >= 0.3 is 23.9 Å². The van der Waals surface area contributed by atoms with E-state index in [-0.39, 0.29) is 59.5 Å². The second-order valence-electron chi connectivity index (χ2n) is 27.9. The molecule has 0 saturated carbocycles. The van der Waals surface area contributed by atoms with Crippen molar-refractivity contribution in [3.05, 3.63) is 66.2 Å². The van der Waals surface area contributed by atoms with Crippen molar-refractivity contribution in [1.29, 1.82) is 0 Å². The minimum absolute atomic E-state index is 0.114. The van der Waals surface area contributed by atoms with Gasteiger partial charge in [-0.3, -0.25) is 76.7 Å². The van der Waals surface area contributed by atoms with Crippen molar-refractivity contribution in [1.82, 2.24) is 36.0 Å². The van der Waals surface area contributed by atoms with Crippen molar-refractivity contribution >= 4 is 100.0 Å². The van der Waals surface area contributed by atoms with E-state index in [0.717, 1.165) is 17.7 Å². The number of benzene rings is 2. The monoisotopic (exact) mass is 1470 g/mol. The van der Waals surface area contributed by atoms with Crippen LogP contribution in [0.25, 0.3) is 0 Å². The lowest BCUT2D eigenvalue weighted by molar-refractivity contribution is -0.146. The number of carboxylic acids is 4. The number of para-hydroxylation sites is 1. The number of anilines is 1. The van der Waals surface area contributed by atoms with E-state index in [1.807, 2.05) is 74.5 Å². The number of likely N-dealkylation sites (tertiary alicyclic amines) is 3. The molecule has 6 rings (SSSR count). The van der Waals surface area contributed by atoms with Crippen LogP contribution in [0.5, 0.6) is 0 Å². The highest BCUT2D eigenvalue weighted by atomic mass is 19.1. The molecule has 4 aliphatic rings. The van der Waals surface area contributed by atoms with Gasteiger partial charge in [-0.25, -0.2) is 13.2 Å². The third-order valence-corrected chi connectivity index (χ3v) is 18.9. The van der Waals surface area contributed by atoms with Crippen LogP contribution in [0.4, 0.5) is 18.9 Å². The number of halogens is 3. The van der Waals surface area contributed by atoms with Crippen LogP contribution in [0.1, 0.15) is 132 Å². The van der Waals surface area contributed by atoms with E-state index in [0.29, 0.717) is 58.4 Å². The molecule has 4 saturated heterocycles. The Morgan fingerprint density at radius 3 is 1.06 bits per heavy atom. The third kappa shape index (κ3) is 26.4.